The zero-order chi connectivity index (χ0) is 13.1. The van der Waals surface area contributed by atoms with Gasteiger partial charge in [-0.25, -0.2) is 0 Å². The second kappa shape index (κ2) is 6.05. The largest absolute Gasteiger partial charge is 0.338 e. The van der Waals surface area contributed by atoms with Crippen LogP contribution in [0.25, 0.3) is 0 Å². The Morgan fingerprint density at radius 2 is 1.89 bits per heavy atom. The Morgan fingerprint density at radius 1 is 1.17 bits per heavy atom. The summed E-state index contributed by atoms with van der Waals surface area (Å²) in [4.78, 5) is 14.5. The number of carbonyl (C=O) groups excluding carboxylic acids is 1. The molecule has 18 heavy (non-hydrogen) atoms. The molecule has 3 heteroatoms. The van der Waals surface area contributed by atoms with Crippen LogP contribution in [0, 0.1) is 17.8 Å². The molecular formula is C15H28N2O. The van der Waals surface area contributed by atoms with Crippen molar-refractivity contribution in [1.82, 2.24) is 4.90 Å². The Bertz CT molecular complexity index is 292. The van der Waals surface area contributed by atoms with Gasteiger partial charge >= 0.3 is 0 Å². The normalized spacial score (nSPS) is 36.9. The lowest BCUT2D eigenvalue weighted by Gasteiger charge is -2.38. The van der Waals surface area contributed by atoms with Gasteiger partial charge < -0.3 is 10.6 Å². The maximum absolute atomic E-state index is 12.4. The molecule has 0 spiro atoms. The van der Waals surface area contributed by atoms with Gasteiger partial charge in [-0.2, -0.15) is 0 Å². The molecule has 2 rings (SSSR count). The van der Waals surface area contributed by atoms with Gasteiger partial charge in [0.1, 0.15) is 0 Å². The molecule has 0 aromatic rings. The quantitative estimate of drug-likeness (QED) is 0.838. The van der Waals surface area contributed by atoms with Crippen LogP contribution in [0.5, 0.6) is 0 Å². The van der Waals surface area contributed by atoms with Gasteiger partial charge in [-0.1, -0.05) is 20.3 Å². The smallest absolute Gasteiger partial charge is 0.223 e. The van der Waals surface area contributed by atoms with Crippen LogP contribution >= 0.6 is 0 Å². The molecule has 1 amide bonds. The number of carbonyl (C=O) groups is 1. The fourth-order valence-electron chi connectivity index (χ4n) is 3.68. The number of hydrogen-bond acceptors (Lipinski definition) is 2. The van der Waals surface area contributed by atoms with Gasteiger partial charge in [0.2, 0.25) is 5.91 Å². The summed E-state index contributed by atoms with van der Waals surface area (Å²) >= 11 is 0. The van der Waals surface area contributed by atoms with Crippen molar-refractivity contribution in [2.45, 2.75) is 58.4 Å². The molecule has 1 saturated heterocycles. The molecule has 0 bridgehead atoms. The molecule has 104 valence electrons. The number of likely N-dealkylation sites (tertiary alicyclic amines) is 1. The summed E-state index contributed by atoms with van der Waals surface area (Å²) in [7, 11) is 0. The fraction of sp³-hybridized carbons (Fsp3) is 0.933. The second-order valence-electron chi connectivity index (χ2n) is 6.59. The second-order valence-corrected chi connectivity index (χ2v) is 6.59. The number of piperidine rings is 1. The van der Waals surface area contributed by atoms with E-state index in [1.807, 2.05) is 0 Å². The summed E-state index contributed by atoms with van der Waals surface area (Å²) in [6.45, 7) is 6.11. The van der Waals surface area contributed by atoms with E-state index in [0.717, 1.165) is 31.7 Å². The zero-order valence-electron chi connectivity index (χ0n) is 11.9. The fourth-order valence-corrected chi connectivity index (χ4v) is 3.68. The number of hydrogen-bond donors (Lipinski definition) is 1. The van der Waals surface area contributed by atoms with E-state index in [0.29, 0.717) is 30.3 Å². The molecule has 1 heterocycles. The summed E-state index contributed by atoms with van der Waals surface area (Å²) in [5, 5.41) is 0. The van der Waals surface area contributed by atoms with E-state index < -0.39 is 0 Å². The van der Waals surface area contributed by atoms with E-state index in [1.54, 1.807) is 0 Å². The average molecular weight is 252 g/mol. The summed E-state index contributed by atoms with van der Waals surface area (Å²) in [5.41, 5.74) is 5.83. The Kier molecular flexibility index (Phi) is 4.66. The molecule has 2 fully saturated rings. The Labute approximate surface area is 111 Å². The standard InChI is InChI=1S/C15H28N2O/c1-11-3-4-13(7-11)9-15(18)17-6-5-12(2)8-14(17)10-16/h11-14H,3-10,16H2,1-2H3. The van der Waals surface area contributed by atoms with Crippen molar-refractivity contribution in [2.75, 3.05) is 13.1 Å². The summed E-state index contributed by atoms with van der Waals surface area (Å²) in [5.74, 6) is 2.52. The summed E-state index contributed by atoms with van der Waals surface area (Å²) < 4.78 is 0. The zero-order valence-corrected chi connectivity index (χ0v) is 11.9. The highest BCUT2D eigenvalue weighted by molar-refractivity contribution is 5.77. The third-order valence-corrected chi connectivity index (χ3v) is 4.84. The van der Waals surface area contributed by atoms with Crippen LogP contribution in [0.3, 0.4) is 0 Å². The molecule has 4 unspecified atom stereocenters. The number of rotatable bonds is 3. The first kappa shape index (κ1) is 13.9. The minimum absolute atomic E-state index is 0.292. The average Bonchev–Trinajstić information content (AvgIpc) is 2.74. The molecule has 1 aliphatic carbocycles. The van der Waals surface area contributed by atoms with Crippen LogP contribution in [0.4, 0.5) is 0 Å². The SMILES string of the molecule is CC1CCC(CC(=O)N2CCC(C)CC2CN)C1. The van der Waals surface area contributed by atoms with Gasteiger partial charge in [-0.05, 0) is 43.4 Å². The monoisotopic (exact) mass is 252 g/mol. The van der Waals surface area contributed by atoms with Crippen molar-refractivity contribution < 1.29 is 4.79 Å². The lowest BCUT2D eigenvalue weighted by Crippen LogP contribution is -2.49. The molecule has 2 aliphatic rings. The van der Waals surface area contributed by atoms with E-state index in [2.05, 4.69) is 18.7 Å². The molecule has 3 nitrogen and oxygen atoms in total. The molecule has 4 atom stereocenters. The Balaban J connectivity index is 1.87. The van der Waals surface area contributed by atoms with E-state index >= 15 is 0 Å². The highest BCUT2D eigenvalue weighted by Gasteiger charge is 2.31. The van der Waals surface area contributed by atoms with E-state index in [-0.39, 0.29) is 0 Å². The van der Waals surface area contributed by atoms with Crippen molar-refractivity contribution in [3.05, 3.63) is 0 Å². The van der Waals surface area contributed by atoms with Gasteiger partial charge in [-0.3, -0.25) is 4.79 Å². The Morgan fingerprint density at radius 3 is 2.50 bits per heavy atom. The first-order valence-corrected chi connectivity index (χ1v) is 7.59. The predicted molar refractivity (Wildman–Crippen MR) is 74.1 cm³/mol. The van der Waals surface area contributed by atoms with Crippen LogP contribution in [0.15, 0.2) is 0 Å². The van der Waals surface area contributed by atoms with Crippen LogP contribution in [0.2, 0.25) is 0 Å². The highest BCUT2D eigenvalue weighted by atomic mass is 16.2. The van der Waals surface area contributed by atoms with Gasteiger partial charge in [0.15, 0.2) is 0 Å². The first-order chi connectivity index (χ1) is 8.60. The van der Waals surface area contributed by atoms with Crippen LogP contribution in [0.1, 0.15) is 52.4 Å². The highest BCUT2D eigenvalue weighted by Crippen LogP contribution is 2.33. The topological polar surface area (TPSA) is 46.3 Å². The van der Waals surface area contributed by atoms with Gasteiger partial charge in [0.25, 0.3) is 0 Å². The maximum atomic E-state index is 12.4. The lowest BCUT2D eigenvalue weighted by atomic mass is 9.91. The third kappa shape index (κ3) is 3.25. The van der Waals surface area contributed by atoms with Crippen LogP contribution in [-0.2, 0) is 4.79 Å². The van der Waals surface area contributed by atoms with Crippen molar-refractivity contribution in [3.8, 4) is 0 Å². The minimum Gasteiger partial charge on any atom is -0.338 e. The van der Waals surface area contributed by atoms with Crippen LogP contribution < -0.4 is 5.73 Å². The van der Waals surface area contributed by atoms with E-state index in [9.17, 15) is 4.79 Å². The predicted octanol–water partition coefficient (Wildman–Crippen LogP) is 2.40. The number of nitrogens with two attached hydrogens (primary N) is 1. The van der Waals surface area contributed by atoms with Crippen molar-refractivity contribution in [1.29, 1.82) is 0 Å². The lowest BCUT2D eigenvalue weighted by molar-refractivity contribution is -0.136. The first-order valence-electron chi connectivity index (χ1n) is 7.59. The molecular weight excluding hydrogens is 224 g/mol. The molecule has 1 aliphatic heterocycles. The van der Waals surface area contributed by atoms with Gasteiger partial charge in [-0.15, -0.1) is 0 Å². The number of amides is 1. The van der Waals surface area contributed by atoms with Gasteiger partial charge in [0, 0.05) is 25.6 Å². The summed E-state index contributed by atoms with van der Waals surface area (Å²) in [6, 6.07) is 0.292. The molecule has 1 saturated carbocycles. The van der Waals surface area contributed by atoms with Crippen molar-refractivity contribution in [3.63, 3.8) is 0 Å². The van der Waals surface area contributed by atoms with Crippen molar-refractivity contribution in [2.24, 2.45) is 23.5 Å². The summed E-state index contributed by atoms with van der Waals surface area (Å²) in [6.07, 6.45) is 6.77. The maximum Gasteiger partial charge on any atom is 0.223 e. The molecule has 0 radical (unpaired) electrons. The van der Waals surface area contributed by atoms with Crippen LogP contribution in [-0.4, -0.2) is 29.9 Å². The van der Waals surface area contributed by atoms with Gasteiger partial charge in [0.05, 0.1) is 0 Å². The van der Waals surface area contributed by atoms with E-state index in [4.69, 9.17) is 5.73 Å². The molecule has 0 aromatic carbocycles. The molecule has 0 aromatic heterocycles. The van der Waals surface area contributed by atoms with E-state index in [1.165, 1.54) is 19.3 Å². The molecule has 2 N–H and O–H groups in total. The minimum atomic E-state index is 0.292. The third-order valence-electron chi connectivity index (χ3n) is 4.84. The Hall–Kier alpha value is -0.570. The van der Waals surface area contributed by atoms with Crippen molar-refractivity contribution >= 4 is 5.91 Å². The number of nitrogens with zero attached hydrogens (tertiary/aromatic N) is 1.